The summed E-state index contributed by atoms with van der Waals surface area (Å²) in [5, 5.41) is 8.39. The van der Waals surface area contributed by atoms with E-state index in [4.69, 9.17) is 4.74 Å². The van der Waals surface area contributed by atoms with Gasteiger partial charge in [0.05, 0.1) is 12.2 Å². The van der Waals surface area contributed by atoms with E-state index in [-0.39, 0.29) is 18.2 Å². The van der Waals surface area contributed by atoms with Crippen molar-refractivity contribution in [1.82, 2.24) is 5.32 Å². The van der Waals surface area contributed by atoms with Crippen LogP contribution in [0.15, 0.2) is 120 Å². The number of thiophene rings is 1. The number of hydrogen-bond donors (Lipinski definition) is 3. The Balaban J connectivity index is 1.24. The number of halogens is 1. The number of fused-ring (bicyclic) bond motifs is 1. The maximum absolute atomic E-state index is 14.1. The number of amides is 3. The third-order valence-electron chi connectivity index (χ3n) is 8.28. The molecule has 11 heteroatoms. The van der Waals surface area contributed by atoms with Crippen molar-refractivity contribution in [3.8, 4) is 0 Å². The van der Waals surface area contributed by atoms with Crippen LogP contribution in [0.3, 0.4) is 0 Å². The van der Waals surface area contributed by atoms with Crippen LogP contribution in [0.25, 0.3) is 6.08 Å². The summed E-state index contributed by atoms with van der Waals surface area (Å²) in [6.45, 7) is 1.99. The Labute approximate surface area is 309 Å². The van der Waals surface area contributed by atoms with Crippen LogP contribution >= 0.6 is 23.1 Å². The first-order valence-electron chi connectivity index (χ1n) is 16.9. The van der Waals surface area contributed by atoms with Gasteiger partial charge in [-0.2, -0.15) is 0 Å². The monoisotopic (exact) mass is 733 g/mol. The van der Waals surface area contributed by atoms with Gasteiger partial charge < -0.3 is 20.7 Å². The number of carbonyl (C=O) groups is 4. The van der Waals surface area contributed by atoms with Crippen molar-refractivity contribution in [2.24, 2.45) is 0 Å². The molecule has 1 atom stereocenters. The molecule has 8 nitrogen and oxygen atoms in total. The fourth-order valence-electron chi connectivity index (χ4n) is 5.80. The van der Waals surface area contributed by atoms with E-state index in [0.717, 1.165) is 41.7 Å². The van der Waals surface area contributed by atoms with Crippen molar-refractivity contribution in [1.29, 1.82) is 0 Å². The van der Waals surface area contributed by atoms with Crippen LogP contribution in [0.4, 0.5) is 15.1 Å². The van der Waals surface area contributed by atoms with Gasteiger partial charge in [-0.25, -0.2) is 9.18 Å². The quantitative estimate of drug-likeness (QED) is 0.0671. The molecule has 1 unspecified atom stereocenters. The molecule has 4 aromatic carbocycles. The largest absolute Gasteiger partial charge is 0.462 e. The molecule has 1 aromatic heterocycles. The number of aryl methyl sites for hydroxylation is 1. The fraction of sp³-hybridized carbons (Fsp3) is 0.171. The van der Waals surface area contributed by atoms with E-state index >= 15 is 0 Å². The van der Waals surface area contributed by atoms with Crippen LogP contribution < -0.4 is 16.0 Å². The van der Waals surface area contributed by atoms with Crippen molar-refractivity contribution >= 4 is 63.6 Å². The van der Waals surface area contributed by atoms with Gasteiger partial charge in [-0.1, -0.05) is 66.7 Å². The lowest BCUT2D eigenvalue weighted by molar-refractivity contribution is -0.116. The molecule has 1 aliphatic rings. The van der Waals surface area contributed by atoms with Crippen LogP contribution in [-0.2, 0) is 27.2 Å². The highest BCUT2D eigenvalue weighted by molar-refractivity contribution is 8.00. The van der Waals surface area contributed by atoms with Crippen molar-refractivity contribution in [2.45, 2.75) is 42.8 Å². The summed E-state index contributed by atoms with van der Waals surface area (Å²) in [7, 11) is 0. The average molecular weight is 734 g/mol. The van der Waals surface area contributed by atoms with Gasteiger partial charge in [-0.15, -0.1) is 23.1 Å². The van der Waals surface area contributed by atoms with Crippen molar-refractivity contribution < 1.29 is 28.3 Å². The minimum absolute atomic E-state index is 0.0453. The second kappa shape index (κ2) is 17.1. The number of benzene rings is 4. The number of hydrogen-bond acceptors (Lipinski definition) is 7. The van der Waals surface area contributed by atoms with Crippen molar-refractivity contribution in [3.63, 3.8) is 0 Å². The van der Waals surface area contributed by atoms with Crippen LogP contribution in [-0.4, -0.2) is 30.3 Å². The molecule has 0 saturated heterocycles. The lowest BCUT2D eigenvalue weighted by Gasteiger charge is -2.18. The Kier molecular flexibility index (Phi) is 11.9. The number of nitrogens with one attached hydrogen (secondary N) is 3. The van der Waals surface area contributed by atoms with Crippen LogP contribution in [0.5, 0.6) is 0 Å². The molecule has 0 bridgehead atoms. The molecule has 264 valence electrons. The Hall–Kier alpha value is -5.52. The third kappa shape index (κ3) is 9.03. The molecule has 0 fully saturated rings. The third-order valence-corrected chi connectivity index (χ3v) is 10.7. The van der Waals surface area contributed by atoms with Gasteiger partial charge in [0.1, 0.15) is 21.8 Å². The summed E-state index contributed by atoms with van der Waals surface area (Å²) in [6, 6.07) is 30.4. The van der Waals surface area contributed by atoms with Gasteiger partial charge in [-0.05, 0) is 97.8 Å². The van der Waals surface area contributed by atoms with Gasteiger partial charge in [0, 0.05) is 21.0 Å². The van der Waals surface area contributed by atoms with E-state index in [1.807, 2.05) is 36.4 Å². The molecule has 52 heavy (non-hydrogen) atoms. The van der Waals surface area contributed by atoms with E-state index in [1.54, 1.807) is 55.5 Å². The van der Waals surface area contributed by atoms with Gasteiger partial charge >= 0.3 is 5.97 Å². The highest BCUT2D eigenvalue weighted by Crippen LogP contribution is 2.41. The molecule has 1 heterocycles. The Bertz CT molecular complexity index is 2100. The zero-order chi connectivity index (χ0) is 36.5. The maximum Gasteiger partial charge on any atom is 0.341 e. The topological polar surface area (TPSA) is 114 Å². The number of thioether (sulfide) groups is 1. The number of esters is 1. The number of carbonyl (C=O) groups excluding carboxylic acids is 4. The van der Waals surface area contributed by atoms with Gasteiger partial charge in [0.15, 0.2) is 0 Å². The van der Waals surface area contributed by atoms with Gasteiger partial charge in [0.2, 0.25) is 5.91 Å². The fourth-order valence-corrected chi connectivity index (χ4v) is 8.16. The Morgan fingerprint density at radius 2 is 1.58 bits per heavy atom. The first-order chi connectivity index (χ1) is 25.3. The molecule has 0 aliphatic heterocycles. The summed E-state index contributed by atoms with van der Waals surface area (Å²) in [5.41, 5.74) is 3.42. The van der Waals surface area contributed by atoms with E-state index in [9.17, 15) is 23.6 Å². The highest BCUT2D eigenvalue weighted by atomic mass is 32.2. The molecule has 0 radical (unpaired) electrons. The first kappa shape index (κ1) is 36.3. The van der Waals surface area contributed by atoms with Crippen LogP contribution in [0.2, 0.25) is 0 Å². The standard InChI is InChI=1S/C41H36FN3O5S2/c1-2-50-41(49)35-32-18-9-10-19-34(32)52-40(35)45-39(48)36(27-12-5-3-6-13-27)51-31-17-11-16-30(25-31)43-38(47)33(24-26-20-22-29(42)23-21-26)44-37(46)28-14-7-4-8-15-28/h3-8,11-17,20-25,36H,2,9-10,18-19H2,1H3,(H,43,47)(H,44,46)(H,45,48)/b33-24+. The zero-order valence-corrected chi connectivity index (χ0v) is 30.0. The number of rotatable bonds is 12. The van der Waals surface area contributed by atoms with Crippen molar-refractivity contribution in [2.75, 3.05) is 17.2 Å². The molecule has 0 saturated carbocycles. The average Bonchev–Trinajstić information content (AvgIpc) is 3.53. The smallest absolute Gasteiger partial charge is 0.341 e. The molecular weight excluding hydrogens is 698 g/mol. The minimum Gasteiger partial charge on any atom is -0.462 e. The summed E-state index contributed by atoms with van der Waals surface area (Å²) in [4.78, 5) is 55.7. The van der Waals surface area contributed by atoms with Gasteiger partial charge in [-0.3, -0.25) is 14.4 Å². The molecule has 5 aromatic rings. The molecule has 6 rings (SSSR count). The summed E-state index contributed by atoms with van der Waals surface area (Å²) < 4.78 is 19.0. The van der Waals surface area contributed by atoms with Crippen LogP contribution in [0, 0.1) is 5.82 Å². The SMILES string of the molecule is CCOC(=O)c1c(NC(=O)C(Sc2cccc(NC(=O)/C(=C\c3ccc(F)cc3)NC(=O)c3ccccc3)c2)c2ccccc2)sc2c1CCCC2. The minimum atomic E-state index is -0.708. The molecule has 3 N–H and O–H groups in total. The predicted octanol–water partition coefficient (Wildman–Crippen LogP) is 8.82. The molecule has 1 aliphatic carbocycles. The van der Waals surface area contributed by atoms with E-state index in [1.165, 1.54) is 53.4 Å². The van der Waals surface area contributed by atoms with E-state index < -0.39 is 28.9 Å². The first-order valence-corrected chi connectivity index (χ1v) is 18.6. The Morgan fingerprint density at radius 3 is 2.31 bits per heavy atom. The zero-order valence-electron chi connectivity index (χ0n) is 28.3. The van der Waals surface area contributed by atoms with Crippen molar-refractivity contribution in [3.05, 3.63) is 153 Å². The Morgan fingerprint density at radius 1 is 0.865 bits per heavy atom. The summed E-state index contributed by atoms with van der Waals surface area (Å²) in [5.74, 6) is -2.24. The van der Waals surface area contributed by atoms with Crippen LogP contribution in [0.1, 0.15) is 67.3 Å². The number of ether oxygens (including phenoxy) is 1. The summed E-state index contributed by atoms with van der Waals surface area (Å²) in [6.07, 6.45) is 5.09. The molecular formula is C41H36FN3O5S2. The van der Waals surface area contributed by atoms with Gasteiger partial charge in [0.25, 0.3) is 11.8 Å². The normalized spacial score (nSPS) is 13.0. The second-order valence-electron chi connectivity index (χ2n) is 11.9. The maximum atomic E-state index is 14.1. The lowest BCUT2D eigenvalue weighted by Crippen LogP contribution is -2.30. The van der Waals surface area contributed by atoms with E-state index in [2.05, 4.69) is 16.0 Å². The molecule has 0 spiro atoms. The molecule has 3 amide bonds. The summed E-state index contributed by atoms with van der Waals surface area (Å²) >= 11 is 2.73. The predicted molar refractivity (Wildman–Crippen MR) is 204 cm³/mol. The highest BCUT2D eigenvalue weighted by Gasteiger charge is 2.30. The number of anilines is 2. The second-order valence-corrected chi connectivity index (χ2v) is 14.2. The lowest BCUT2D eigenvalue weighted by atomic mass is 9.95. The van der Waals surface area contributed by atoms with E-state index in [0.29, 0.717) is 32.3 Å².